The number of rotatable bonds is 2. The third-order valence-corrected chi connectivity index (χ3v) is 3.80. The Morgan fingerprint density at radius 1 is 1.29 bits per heavy atom. The predicted molar refractivity (Wildman–Crippen MR) is 88.0 cm³/mol. The summed E-state index contributed by atoms with van der Waals surface area (Å²) >= 11 is 0. The van der Waals surface area contributed by atoms with Crippen LogP contribution in [0.3, 0.4) is 0 Å². The van der Waals surface area contributed by atoms with Crippen LogP contribution in [-0.2, 0) is 4.74 Å². The molecule has 0 spiro atoms. The molecular formula is C17H23FN2O4. The number of aromatic carboxylic acids is 1. The van der Waals surface area contributed by atoms with E-state index in [4.69, 9.17) is 9.84 Å². The van der Waals surface area contributed by atoms with E-state index < -0.39 is 17.4 Å². The van der Waals surface area contributed by atoms with Gasteiger partial charge in [0, 0.05) is 31.4 Å². The van der Waals surface area contributed by atoms with Gasteiger partial charge in [-0.05, 0) is 45.9 Å². The van der Waals surface area contributed by atoms with Gasteiger partial charge in [-0.25, -0.2) is 14.0 Å². The molecule has 6 nitrogen and oxygen atoms in total. The van der Waals surface area contributed by atoms with Gasteiger partial charge in [0.05, 0.1) is 5.56 Å². The Hall–Kier alpha value is -2.31. The van der Waals surface area contributed by atoms with Crippen LogP contribution in [0.1, 0.15) is 38.1 Å². The SMILES string of the molecule is C[C@@H]1CN(c2ccc(C(=O)O)c(F)c2)CCN1C(=O)OC(C)(C)C. The number of halogens is 1. The van der Waals surface area contributed by atoms with Gasteiger partial charge >= 0.3 is 12.1 Å². The standard InChI is InChI=1S/C17H23FN2O4/c1-11-10-19(7-8-20(11)16(23)24-17(2,3)4)12-5-6-13(15(21)22)14(18)9-12/h5-6,9,11H,7-8,10H2,1-4H3,(H,21,22)/t11-/m1/s1. The number of carbonyl (C=O) groups is 2. The van der Waals surface area contributed by atoms with Gasteiger partial charge in [0.25, 0.3) is 0 Å². The first-order chi connectivity index (χ1) is 11.1. The number of anilines is 1. The molecule has 0 aromatic heterocycles. The zero-order valence-corrected chi connectivity index (χ0v) is 14.4. The molecule has 1 aromatic carbocycles. The van der Waals surface area contributed by atoms with Gasteiger partial charge in [-0.2, -0.15) is 0 Å². The molecule has 132 valence electrons. The lowest BCUT2D eigenvalue weighted by molar-refractivity contribution is 0.0158. The fraction of sp³-hybridized carbons (Fsp3) is 0.529. The van der Waals surface area contributed by atoms with Crippen molar-refractivity contribution in [2.45, 2.75) is 39.3 Å². The van der Waals surface area contributed by atoms with Crippen LogP contribution in [0, 0.1) is 5.82 Å². The Labute approximate surface area is 140 Å². The Kier molecular flexibility index (Phi) is 5.01. The molecule has 1 fully saturated rings. The molecule has 0 unspecified atom stereocenters. The second-order valence-electron chi connectivity index (χ2n) is 6.94. The van der Waals surface area contributed by atoms with E-state index in [0.29, 0.717) is 25.3 Å². The first-order valence-electron chi connectivity index (χ1n) is 7.86. The van der Waals surface area contributed by atoms with Crippen LogP contribution >= 0.6 is 0 Å². The molecule has 1 N–H and O–H groups in total. The molecule has 1 amide bonds. The first-order valence-corrected chi connectivity index (χ1v) is 7.86. The molecule has 7 heteroatoms. The monoisotopic (exact) mass is 338 g/mol. The van der Waals surface area contributed by atoms with Crippen molar-refractivity contribution in [2.24, 2.45) is 0 Å². The molecule has 0 saturated carbocycles. The second kappa shape index (κ2) is 6.67. The fourth-order valence-electron chi connectivity index (χ4n) is 2.66. The van der Waals surface area contributed by atoms with Gasteiger partial charge in [0.15, 0.2) is 0 Å². The average molecular weight is 338 g/mol. The highest BCUT2D eigenvalue weighted by Gasteiger charge is 2.31. The number of hydrogen-bond donors (Lipinski definition) is 1. The number of carboxylic acids is 1. The normalized spacial score (nSPS) is 18.5. The number of benzene rings is 1. The minimum absolute atomic E-state index is 0.101. The van der Waals surface area contributed by atoms with Crippen molar-refractivity contribution in [1.82, 2.24) is 4.90 Å². The lowest BCUT2D eigenvalue weighted by atomic mass is 10.1. The Balaban J connectivity index is 2.07. The van der Waals surface area contributed by atoms with Crippen molar-refractivity contribution in [2.75, 3.05) is 24.5 Å². The van der Waals surface area contributed by atoms with Crippen molar-refractivity contribution >= 4 is 17.7 Å². The van der Waals surface area contributed by atoms with Gasteiger partial charge in [0.2, 0.25) is 0 Å². The number of piperazine rings is 1. The van der Waals surface area contributed by atoms with Crippen molar-refractivity contribution in [3.05, 3.63) is 29.6 Å². The maximum Gasteiger partial charge on any atom is 0.410 e. The summed E-state index contributed by atoms with van der Waals surface area (Å²) in [6.07, 6.45) is -0.359. The lowest BCUT2D eigenvalue weighted by Crippen LogP contribution is -2.55. The number of carboxylic acid groups (broad SMARTS) is 1. The van der Waals surface area contributed by atoms with E-state index in [0.717, 1.165) is 0 Å². The molecule has 1 aromatic rings. The smallest absolute Gasteiger partial charge is 0.410 e. The molecular weight excluding hydrogens is 315 g/mol. The molecule has 1 atom stereocenters. The summed E-state index contributed by atoms with van der Waals surface area (Å²) in [4.78, 5) is 26.7. The minimum atomic E-state index is -1.29. The maximum atomic E-state index is 13.9. The number of hydrogen-bond acceptors (Lipinski definition) is 4. The Morgan fingerprint density at radius 3 is 2.46 bits per heavy atom. The molecule has 1 aliphatic heterocycles. The van der Waals surface area contributed by atoms with Gasteiger partial charge in [-0.1, -0.05) is 0 Å². The molecule has 0 bridgehead atoms. The summed E-state index contributed by atoms with van der Waals surface area (Å²) in [6, 6.07) is 3.97. The van der Waals surface area contributed by atoms with E-state index in [-0.39, 0.29) is 17.7 Å². The van der Waals surface area contributed by atoms with Crippen molar-refractivity contribution in [1.29, 1.82) is 0 Å². The maximum absolute atomic E-state index is 13.9. The number of amides is 1. The molecule has 1 saturated heterocycles. The quantitative estimate of drug-likeness (QED) is 0.898. The van der Waals surface area contributed by atoms with Gasteiger partial charge < -0.3 is 19.6 Å². The number of ether oxygens (including phenoxy) is 1. The van der Waals surface area contributed by atoms with Gasteiger partial charge in [0.1, 0.15) is 11.4 Å². The van der Waals surface area contributed by atoms with Crippen LogP contribution in [0.5, 0.6) is 0 Å². The van der Waals surface area contributed by atoms with E-state index in [9.17, 15) is 14.0 Å². The average Bonchev–Trinajstić information content (AvgIpc) is 2.44. The summed E-state index contributed by atoms with van der Waals surface area (Å²) < 4.78 is 19.2. The third-order valence-electron chi connectivity index (χ3n) is 3.80. The summed E-state index contributed by atoms with van der Waals surface area (Å²) in [5, 5.41) is 8.89. The molecule has 1 heterocycles. The largest absolute Gasteiger partial charge is 0.478 e. The zero-order valence-electron chi connectivity index (χ0n) is 14.4. The highest BCUT2D eigenvalue weighted by Crippen LogP contribution is 2.23. The number of nitrogens with zero attached hydrogens (tertiary/aromatic N) is 2. The van der Waals surface area contributed by atoms with E-state index in [2.05, 4.69) is 0 Å². The third kappa shape index (κ3) is 4.15. The van der Waals surface area contributed by atoms with E-state index in [1.165, 1.54) is 12.1 Å². The zero-order chi connectivity index (χ0) is 18.1. The van der Waals surface area contributed by atoms with E-state index in [1.807, 2.05) is 32.6 Å². The summed E-state index contributed by atoms with van der Waals surface area (Å²) in [5.74, 6) is -2.05. The van der Waals surface area contributed by atoms with Gasteiger partial charge in [-0.15, -0.1) is 0 Å². The van der Waals surface area contributed by atoms with E-state index in [1.54, 1.807) is 11.0 Å². The first kappa shape index (κ1) is 18.0. The van der Waals surface area contributed by atoms with Crippen molar-refractivity contribution in [3.63, 3.8) is 0 Å². The topological polar surface area (TPSA) is 70.1 Å². The summed E-state index contributed by atoms with van der Waals surface area (Å²) in [5.41, 5.74) is -0.295. The van der Waals surface area contributed by atoms with Crippen molar-refractivity contribution in [3.8, 4) is 0 Å². The molecule has 0 radical (unpaired) electrons. The van der Waals surface area contributed by atoms with Crippen LogP contribution < -0.4 is 4.90 Å². The van der Waals surface area contributed by atoms with Crippen LogP contribution in [0.25, 0.3) is 0 Å². The minimum Gasteiger partial charge on any atom is -0.478 e. The Morgan fingerprint density at radius 2 is 1.96 bits per heavy atom. The summed E-state index contributed by atoms with van der Waals surface area (Å²) in [7, 11) is 0. The Bertz CT molecular complexity index is 642. The highest BCUT2D eigenvalue weighted by atomic mass is 19.1. The van der Waals surface area contributed by atoms with E-state index >= 15 is 0 Å². The van der Waals surface area contributed by atoms with Crippen LogP contribution in [0.15, 0.2) is 18.2 Å². The predicted octanol–water partition coefficient (Wildman–Crippen LogP) is 2.97. The molecule has 2 rings (SSSR count). The molecule has 0 aliphatic carbocycles. The van der Waals surface area contributed by atoms with Gasteiger partial charge in [-0.3, -0.25) is 0 Å². The van der Waals surface area contributed by atoms with Crippen molar-refractivity contribution < 1.29 is 23.8 Å². The second-order valence-corrected chi connectivity index (χ2v) is 6.94. The summed E-state index contributed by atoms with van der Waals surface area (Å²) in [6.45, 7) is 8.85. The fourth-order valence-corrected chi connectivity index (χ4v) is 2.66. The molecule has 24 heavy (non-hydrogen) atoms. The highest BCUT2D eigenvalue weighted by molar-refractivity contribution is 5.88. The van der Waals surface area contributed by atoms with Crippen LogP contribution in [0.2, 0.25) is 0 Å². The number of carbonyl (C=O) groups excluding carboxylic acids is 1. The lowest BCUT2D eigenvalue weighted by Gasteiger charge is -2.41. The van der Waals surface area contributed by atoms with Crippen LogP contribution in [0.4, 0.5) is 14.9 Å². The molecule has 1 aliphatic rings. The van der Waals surface area contributed by atoms with Crippen LogP contribution in [-0.4, -0.2) is 53.3 Å².